The van der Waals surface area contributed by atoms with Gasteiger partial charge < -0.3 is 9.67 Å². The van der Waals surface area contributed by atoms with Crippen molar-refractivity contribution in [3.05, 3.63) is 36.0 Å². The van der Waals surface area contributed by atoms with Gasteiger partial charge in [-0.2, -0.15) is 0 Å². The van der Waals surface area contributed by atoms with Gasteiger partial charge in [0, 0.05) is 17.1 Å². The molecule has 0 aliphatic heterocycles. The molecule has 0 saturated heterocycles. The Hall–Kier alpha value is -1.77. The summed E-state index contributed by atoms with van der Waals surface area (Å²) in [4.78, 5) is 10.8. The van der Waals surface area contributed by atoms with E-state index in [1.165, 1.54) is 23.8 Å². The number of para-hydroxylation sites is 1. The molecule has 0 radical (unpaired) electrons. The molecule has 0 unspecified atom stereocenters. The maximum Gasteiger partial charge on any atom is 0.323 e. The second-order valence-electron chi connectivity index (χ2n) is 4.84. The molecule has 1 aliphatic carbocycles. The van der Waals surface area contributed by atoms with Gasteiger partial charge in [0.25, 0.3) is 0 Å². The lowest BCUT2D eigenvalue weighted by Gasteiger charge is -1.99. The number of fused-ring (bicyclic) bond motifs is 1. The quantitative estimate of drug-likeness (QED) is 0.875. The van der Waals surface area contributed by atoms with Gasteiger partial charge in [0.15, 0.2) is 0 Å². The Kier molecular flexibility index (Phi) is 2.39. The maximum atomic E-state index is 10.8. The smallest absolute Gasteiger partial charge is 0.323 e. The molecule has 88 valence electrons. The normalized spacial score (nSPS) is 15.3. The number of aromatic nitrogens is 1. The van der Waals surface area contributed by atoms with Crippen LogP contribution in [0.15, 0.2) is 30.5 Å². The molecule has 1 aromatic heterocycles. The summed E-state index contributed by atoms with van der Waals surface area (Å²) in [5, 5.41) is 10.1. The molecule has 3 nitrogen and oxygen atoms in total. The van der Waals surface area contributed by atoms with Crippen LogP contribution in [0, 0.1) is 5.92 Å². The minimum atomic E-state index is -0.788. The van der Waals surface area contributed by atoms with E-state index in [2.05, 4.69) is 6.07 Å². The monoisotopic (exact) mass is 229 g/mol. The summed E-state index contributed by atoms with van der Waals surface area (Å²) in [7, 11) is 0. The number of rotatable bonds is 4. The summed E-state index contributed by atoms with van der Waals surface area (Å²) in [6, 6.07) is 8.06. The number of benzene rings is 1. The van der Waals surface area contributed by atoms with Gasteiger partial charge in [0.1, 0.15) is 6.54 Å². The van der Waals surface area contributed by atoms with Crippen molar-refractivity contribution < 1.29 is 9.90 Å². The van der Waals surface area contributed by atoms with E-state index in [0.717, 1.165) is 17.9 Å². The fourth-order valence-corrected chi connectivity index (χ4v) is 2.40. The standard InChI is InChI=1S/C14H15NO2/c16-14(17)9-15-8-11(7-10-5-6-10)12-3-1-2-4-13(12)15/h1-4,8,10H,5-7,9H2,(H,16,17). The Bertz CT molecular complexity index is 567. The minimum Gasteiger partial charge on any atom is -0.480 e. The van der Waals surface area contributed by atoms with E-state index in [9.17, 15) is 4.79 Å². The molecule has 3 rings (SSSR count). The lowest BCUT2D eigenvalue weighted by atomic mass is 10.1. The van der Waals surface area contributed by atoms with Crippen LogP contribution in [-0.2, 0) is 17.8 Å². The zero-order valence-corrected chi connectivity index (χ0v) is 9.60. The molecule has 1 fully saturated rings. The van der Waals surface area contributed by atoms with Gasteiger partial charge in [-0.05, 0) is 36.8 Å². The van der Waals surface area contributed by atoms with E-state index in [0.29, 0.717) is 0 Å². The Morgan fingerprint density at radius 3 is 2.82 bits per heavy atom. The molecule has 1 aliphatic rings. The number of hydrogen-bond donors (Lipinski definition) is 1. The van der Waals surface area contributed by atoms with Crippen molar-refractivity contribution in [2.24, 2.45) is 5.92 Å². The van der Waals surface area contributed by atoms with Crippen molar-refractivity contribution in [2.45, 2.75) is 25.8 Å². The largest absolute Gasteiger partial charge is 0.480 e. The highest BCUT2D eigenvalue weighted by atomic mass is 16.4. The SMILES string of the molecule is O=C(O)Cn1cc(CC2CC2)c2ccccc21. The average molecular weight is 229 g/mol. The van der Waals surface area contributed by atoms with Gasteiger partial charge in [-0.3, -0.25) is 4.79 Å². The first-order valence-corrected chi connectivity index (χ1v) is 6.02. The topological polar surface area (TPSA) is 42.2 Å². The first-order chi connectivity index (χ1) is 8.24. The van der Waals surface area contributed by atoms with E-state index in [1.54, 1.807) is 0 Å². The molecular formula is C14H15NO2. The van der Waals surface area contributed by atoms with Crippen LogP contribution in [0.4, 0.5) is 0 Å². The van der Waals surface area contributed by atoms with Crippen LogP contribution in [0.25, 0.3) is 10.9 Å². The summed E-state index contributed by atoms with van der Waals surface area (Å²) in [6.07, 6.45) is 5.74. The number of hydrogen-bond acceptors (Lipinski definition) is 1. The second kappa shape index (κ2) is 3.91. The Labute approximate surface area is 99.7 Å². The van der Waals surface area contributed by atoms with Gasteiger partial charge >= 0.3 is 5.97 Å². The van der Waals surface area contributed by atoms with E-state index in [4.69, 9.17) is 5.11 Å². The Morgan fingerprint density at radius 1 is 1.35 bits per heavy atom. The maximum absolute atomic E-state index is 10.8. The third-order valence-electron chi connectivity index (χ3n) is 3.38. The molecule has 2 aromatic rings. The van der Waals surface area contributed by atoms with E-state index in [-0.39, 0.29) is 6.54 Å². The van der Waals surface area contributed by atoms with Crippen LogP contribution >= 0.6 is 0 Å². The predicted octanol–water partition coefficient (Wildman–Crippen LogP) is 2.68. The molecule has 17 heavy (non-hydrogen) atoms. The highest BCUT2D eigenvalue weighted by Crippen LogP contribution is 2.35. The van der Waals surface area contributed by atoms with Crippen LogP contribution in [0.2, 0.25) is 0 Å². The molecule has 0 amide bonds. The number of carboxylic acid groups (broad SMARTS) is 1. The zero-order chi connectivity index (χ0) is 11.8. The second-order valence-corrected chi connectivity index (χ2v) is 4.84. The third-order valence-corrected chi connectivity index (χ3v) is 3.38. The summed E-state index contributed by atoms with van der Waals surface area (Å²) in [5.41, 5.74) is 2.33. The van der Waals surface area contributed by atoms with Gasteiger partial charge in [0.05, 0.1) is 0 Å². The van der Waals surface area contributed by atoms with Crippen molar-refractivity contribution in [2.75, 3.05) is 0 Å². The van der Waals surface area contributed by atoms with Crippen molar-refractivity contribution >= 4 is 16.9 Å². The lowest BCUT2D eigenvalue weighted by molar-refractivity contribution is -0.137. The van der Waals surface area contributed by atoms with Crippen molar-refractivity contribution in [1.29, 1.82) is 0 Å². The van der Waals surface area contributed by atoms with E-state index >= 15 is 0 Å². The minimum absolute atomic E-state index is 0.0468. The van der Waals surface area contributed by atoms with Gasteiger partial charge in [0.2, 0.25) is 0 Å². The summed E-state index contributed by atoms with van der Waals surface area (Å²) >= 11 is 0. The van der Waals surface area contributed by atoms with Gasteiger partial charge in [-0.1, -0.05) is 18.2 Å². The number of carboxylic acids is 1. The number of carbonyl (C=O) groups is 1. The van der Waals surface area contributed by atoms with Crippen LogP contribution in [0.5, 0.6) is 0 Å². The molecule has 0 atom stereocenters. The van der Waals surface area contributed by atoms with E-state index in [1.807, 2.05) is 29.0 Å². The molecule has 3 heteroatoms. The first-order valence-electron chi connectivity index (χ1n) is 6.02. The summed E-state index contributed by atoms with van der Waals surface area (Å²) in [6.45, 7) is 0.0468. The molecule has 0 spiro atoms. The lowest BCUT2D eigenvalue weighted by Crippen LogP contribution is -2.07. The van der Waals surface area contributed by atoms with Crippen molar-refractivity contribution in [3.63, 3.8) is 0 Å². The summed E-state index contributed by atoms with van der Waals surface area (Å²) < 4.78 is 1.84. The number of aliphatic carboxylic acids is 1. The fourth-order valence-electron chi connectivity index (χ4n) is 2.40. The highest BCUT2D eigenvalue weighted by molar-refractivity contribution is 5.85. The summed E-state index contributed by atoms with van der Waals surface area (Å²) in [5.74, 6) is 0.0304. The average Bonchev–Trinajstić information content (AvgIpc) is 3.04. The van der Waals surface area contributed by atoms with Gasteiger partial charge in [-0.25, -0.2) is 0 Å². The van der Waals surface area contributed by atoms with Crippen LogP contribution in [0.1, 0.15) is 18.4 Å². The third kappa shape index (κ3) is 2.05. The van der Waals surface area contributed by atoms with Crippen LogP contribution < -0.4 is 0 Å². The van der Waals surface area contributed by atoms with E-state index < -0.39 is 5.97 Å². The molecule has 0 bridgehead atoms. The highest BCUT2D eigenvalue weighted by Gasteiger charge is 2.23. The molecule has 1 saturated carbocycles. The van der Waals surface area contributed by atoms with Crippen molar-refractivity contribution in [3.8, 4) is 0 Å². The molecule has 1 N–H and O–H groups in total. The Balaban J connectivity index is 2.05. The first kappa shape index (κ1) is 10.4. The van der Waals surface area contributed by atoms with Crippen LogP contribution in [-0.4, -0.2) is 15.6 Å². The van der Waals surface area contributed by atoms with Crippen molar-refractivity contribution in [1.82, 2.24) is 4.57 Å². The van der Waals surface area contributed by atoms with Crippen LogP contribution in [0.3, 0.4) is 0 Å². The Morgan fingerprint density at radius 2 is 2.12 bits per heavy atom. The fraction of sp³-hybridized carbons (Fsp3) is 0.357. The molecule has 1 aromatic carbocycles. The molecular weight excluding hydrogens is 214 g/mol. The molecule has 1 heterocycles. The zero-order valence-electron chi connectivity index (χ0n) is 9.60. The predicted molar refractivity (Wildman–Crippen MR) is 66.0 cm³/mol. The van der Waals surface area contributed by atoms with Gasteiger partial charge in [-0.15, -0.1) is 0 Å². The number of nitrogens with zero attached hydrogens (tertiary/aromatic N) is 1.